The molecule has 82 valence electrons. The molecule has 0 unspecified atom stereocenters. The van der Waals surface area contributed by atoms with Crippen LogP contribution < -0.4 is 0 Å². The number of para-hydroxylation sites is 1. The average Bonchev–Trinajstić information content (AvgIpc) is 2.58. The molecule has 1 heterocycles. The third-order valence-corrected chi connectivity index (χ3v) is 3.56. The van der Waals surface area contributed by atoms with E-state index in [-0.39, 0.29) is 5.75 Å². The quantitative estimate of drug-likeness (QED) is 0.822. The van der Waals surface area contributed by atoms with Gasteiger partial charge in [0.2, 0.25) is 0 Å². The molecule has 0 amide bonds. The van der Waals surface area contributed by atoms with E-state index in [1.54, 1.807) is 17.4 Å². The zero-order valence-corrected chi connectivity index (χ0v) is 10.3. The van der Waals surface area contributed by atoms with Crippen molar-refractivity contribution in [3.8, 4) is 5.75 Å². The Bertz CT molecular complexity index is 537. The zero-order valence-electron chi connectivity index (χ0n) is 9.45. The van der Waals surface area contributed by atoms with Gasteiger partial charge in [-0.05, 0) is 37.1 Å². The van der Waals surface area contributed by atoms with Gasteiger partial charge in [-0.3, -0.25) is 0 Å². The van der Waals surface area contributed by atoms with Gasteiger partial charge in [0.25, 0.3) is 0 Å². The molecule has 0 saturated carbocycles. The highest BCUT2D eigenvalue weighted by atomic mass is 32.1. The van der Waals surface area contributed by atoms with Crippen LogP contribution in [0.25, 0.3) is 5.57 Å². The second-order valence-corrected chi connectivity index (χ2v) is 5.28. The second kappa shape index (κ2) is 4.14. The van der Waals surface area contributed by atoms with E-state index in [9.17, 15) is 5.11 Å². The summed E-state index contributed by atoms with van der Waals surface area (Å²) in [4.78, 5) is 2.51. The molecule has 1 N–H and O–H groups in total. The summed E-state index contributed by atoms with van der Waals surface area (Å²) < 4.78 is 0. The molecule has 2 rings (SSSR count). The Kier molecular flexibility index (Phi) is 2.84. The number of phenols is 1. The molecule has 0 spiro atoms. The third-order valence-electron chi connectivity index (χ3n) is 2.60. The predicted molar refractivity (Wildman–Crippen MR) is 70.0 cm³/mol. The smallest absolute Gasteiger partial charge is 0.123 e. The summed E-state index contributed by atoms with van der Waals surface area (Å²) >= 11 is 1.76. The maximum Gasteiger partial charge on any atom is 0.123 e. The Labute approximate surface area is 99.7 Å². The molecule has 0 saturated heterocycles. The van der Waals surface area contributed by atoms with E-state index in [0.717, 1.165) is 16.7 Å². The van der Waals surface area contributed by atoms with Crippen molar-refractivity contribution in [1.29, 1.82) is 0 Å². The van der Waals surface area contributed by atoms with Crippen LogP contribution in [-0.2, 0) is 0 Å². The van der Waals surface area contributed by atoms with Crippen LogP contribution in [-0.4, -0.2) is 5.11 Å². The van der Waals surface area contributed by atoms with Gasteiger partial charge < -0.3 is 5.11 Å². The lowest BCUT2D eigenvalue weighted by Gasteiger charge is -2.07. The van der Waals surface area contributed by atoms with Crippen LogP contribution in [0.4, 0.5) is 0 Å². The minimum atomic E-state index is 0.288. The number of rotatable bonds is 2. The van der Waals surface area contributed by atoms with E-state index in [2.05, 4.69) is 26.5 Å². The highest BCUT2D eigenvalue weighted by Crippen LogP contribution is 2.33. The van der Waals surface area contributed by atoms with Crippen LogP contribution >= 0.6 is 11.3 Å². The molecule has 2 aromatic rings. The SMILES string of the molecule is C=C(c1ccccc1O)c1cc(C)sc1C. The van der Waals surface area contributed by atoms with Crippen molar-refractivity contribution in [2.75, 3.05) is 0 Å². The van der Waals surface area contributed by atoms with E-state index >= 15 is 0 Å². The first kappa shape index (κ1) is 11.0. The Balaban J connectivity index is 2.47. The summed E-state index contributed by atoms with van der Waals surface area (Å²) in [7, 11) is 0. The first-order valence-corrected chi connectivity index (χ1v) is 5.96. The molecule has 16 heavy (non-hydrogen) atoms. The predicted octanol–water partition coefficient (Wildman–Crippen LogP) is 4.13. The topological polar surface area (TPSA) is 20.2 Å². The molecule has 0 bridgehead atoms. The van der Waals surface area contributed by atoms with Crippen LogP contribution in [0.15, 0.2) is 36.9 Å². The fourth-order valence-electron chi connectivity index (χ4n) is 1.80. The second-order valence-electron chi connectivity index (χ2n) is 3.82. The van der Waals surface area contributed by atoms with Crippen molar-refractivity contribution >= 4 is 16.9 Å². The lowest BCUT2D eigenvalue weighted by molar-refractivity contribution is 0.473. The summed E-state index contributed by atoms with van der Waals surface area (Å²) in [5.74, 6) is 0.288. The fourth-order valence-corrected chi connectivity index (χ4v) is 2.76. The standard InChI is InChI=1S/C14H14OS/c1-9-8-13(11(3)16-9)10(2)12-6-4-5-7-14(12)15/h4-8,15H,2H2,1,3H3. The molecule has 2 heteroatoms. The zero-order chi connectivity index (χ0) is 11.7. The van der Waals surface area contributed by atoms with E-state index in [4.69, 9.17) is 0 Å². The molecular weight excluding hydrogens is 216 g/mol. The molecule has 0 atom stereocenters. The Morgan fingerprint density at radius 1 is 1.19 bits per heavy atom. The molecule has 0 aliphatic carbocycles. The average molecular weight is 230 g/mol. The normalized spacial score (nSPS) is 10.4. The number of hydrogen-bond donors (Lipinski definition) is 1. The van der Waals surface area contributed by atoms with E-state index in [0.29, 0.717) is 0 Å². The molecule has 0 fully saturated rings. The van der Waals surface area contributed by atoms with E-state index in [1.165, 1.54) is 9.75 Å². The number of benzene rings is 1. The van der Waals surface area contributed by atoms with Gasteiger partial charge in [0, 0.05) is 15.3 Å². The summed E-state index contributed by atoms with van der Waals surface area (Å²) in [5, 5.41) is 9.78. The molecule has 1 aromatic heterocycles. The minimum Gasteiger partial charge on any atom is -0.507 e. The largest absolute Gasteiger partial charge is 0.507 e. The van der Waals surface area contributed by atoms with Gasteiger partial charge in [-0.2, -0.15) is 0 Å². The number of phenolic OH excluding ortho intramolecular Hbond substituents is 1. The van der Waals surface area contributed by atoms with Crippen molar-refractivity contribution in [1.82, 2.24) is 0 Å². The van der Waals surface area contributed by atoms with Crippen molar-refractivity contribution in [3.05, 3.63) is 57.8 Å². The number of aryl methyl sites for hydroxylation is 2. The van der Waals surface area contributed by atoms with Gasteiger partial charge in [-0.1, -0.05) is 24.8 Å². The van der Waals surface area contributed by atoms with Gasteiger partial charge >= 0.3 is 0 Å². The van der Waals surface area contributed by atoms with E-state index in [1.807, 2.05) is 18.2 Å². The summed E-state index contributed by atoms with van der Waals surface area (Å²) in [6.07, 6.45) is 0. The molecular formula is C14H14OS. The Hall–Kier alpha value is -1.54. The van der Waals surface area contributed by atoms with Crippen molar-refractivity contribution in [3.63, 3.8) is 0 Å². The molecule has 0 radical (unpaired) electrons. The van der Waals surface area contributed by atoms with E-state index < -0.39 is 0 Å². The van der Waals surface area contributed by atoms with Gasteiger partial charge in [0.05, 0.1) is 0 Å². The van der Waals surface area contributed by atoms with Crippen LogP contribution in [0.2, 0.25) is 0 Å². The Morgan fingerprint density at radius 2 is 1.88 bits per heavy atom. The summed E-state index contributed by atoms with van der Waals surface area (Å²) in [5.41, 5.74) is 2.83. The maximum atomic E-state index is 9.78. The van der Waals surface area contributed by atoms with Crippen molar-refractivity contribution < 1.29 is 5.11 Å². The van der Waals surface area contributed by atoms with Gasteiger partial charge in [0.15, 0.2) is 0 Å². The minimum absolute atomic E-state index is 0.288. The lowest BCUT2D eigenvalue weighted by atomic mass is 9.99. The molecule has 1 nitrogen and oxygen atoms in total. The van der Waals surface area contributed by atoms with Gasteiger partial charge in [-0.15, -0.1) is 11.3 Å². The highest BCUT2D eigenvalue weighted by molar-refractivity contribution is 7.12. The maximum absolute atomic E-state index is 9.78. The molecule has 0 aliphatic rings. The number of thiophene rings is 1. The first-order chi connectivity index (χ1) is 7.59. The van der Waals surface area contributed by atoms with Crippen LogP contribution in [0, 0.1) is 13.8 Å². The molecule has 0 aliphatic heterocycles. The third kappa shape index (κ3) is 1.89. The fraction of sp³-hybridized carbons (Fsp3) is 0.143. The van der Waals surface area contributed by atoms with Crippen LogP contribution in [0.5, 0.6) is 5.75 Å². The summed E-state index contributed by atoms with van der Waals surface area (Å²) in [6.45, 7) is 8.24. The lowest BCUT2D eigenvalue weighted by Crippen LogP contribution is -1.86. The monoisotopic (exact) mass is 230 g/mol. The van der Waals surface area contributed by atoms with Gasteiger partial charge in [0.1, 0.15) is 5.75 Å². The van der Waals surface area contributed by atoms with Crippen LogP contribution in [0.3, 0.4) is 0 Å². The van der Waals surface area contributed by atoms with Gasteiger partial charge in [-0.25, -0.2) is 0 Å². The first-order valence-electron chi connectivity index (χ1n) is 5.14. The van der Waals surface area contributed by atoms with Crippen molar-refractivity contribution in [2.24, 2.45) is 0 Å². The van der Waals surface area contributed by atoms with Crippen LogP contribution in [0.1, 0.15) is 20.9 Å². The molecule has 1 aromatic carbocycles. The number of aromatic hydroxyl groups is 1. The van der Waals surface area contributed by atoms with Crippen molar-refractivity contribution in [2.45, 2.75) is 13.8 Å². The number of hydrogen-bond acceptors (Lipinski definition) is 2. The summed E-state index contributed by atoms with van der Waals surface area (Å²) in [6, 6.07) is 9.43. The Morgan fingerprint density at radius 3 is 2.44 bits per heavy atom. The highest BCUT2D eigenvalue weighted by Gasteiger charge is 2.11.